The van der Waals surface area contributed by atoms with E-state index in [4.69, 9.17) is 4.98 Å². The first-order valence-corrected chi connectivity index (χ1v) is 8.76. The lowest BCUT2D eigenvalue weighted by atomic mass is 10.2. The molecule has 0 radical (unpaired) electrons. The molecule has 0 amide bonds. The van der Waals surface area contributed by atoms with E-state index in [1.54, 1.807) is 0 Å². The van der Waals surface area contributed by atoms with Crippen molar-refractivity contribution in [2.24, 2.45) is 0 Å². The van der Waals surface area contributed by atoms with Crippen molar-refractivity contribution in [3.8, 4) is 0 Å². The highest BCUT2D eigenvalue weighted by molar-refractivity contribution is 5.79. The average molecular weight is 338 g/mol. The number of aromatic amines is 2. The minimum absolute atomic E-state index is 0.923. The van der Waals surface area contributed by atoms with Gasteiger partial charge >= 0.3 is 0 Å². The molecule has 0 saturated heterocycles. The molecule has 8 bridgehead atoms. The Labute approximate surface area is 151 Å². The minimum atomic E-state index is 0.923. The Hall–Kier alpha value is -3.40. The molecule has 3 aromatic heterocycles. The third kappa shape index (κ3) is 2.75. The van der Waals surface area contributed by atoms with E-state index >= 15 is 0 Å². The van der Waals surface area contributed by atoms with Crippen molar-refractivity contribution in [3.63, 3.8) is 0 Å². The van der Waals surface area contributed by atoms with Crippen LogP contribution in [0.4, 0.5) is 0 Å². The van der Waals surface area contributed by atoms with E-state index in [9.17, 15) is 0 Å². The van der Waals surface area contributed by atoms with Gasteiger partial charge in [-0.05, 0) is 73.0 Å². The average Bonchev–Trinajstić information content (AvgIpc) is 3.39. The topological polar surface area (TPSA) is 57.4 Å². The SMILES string of the molecule is C=Cc1cc2cc3nc(cc4ccc(cc5nc(cc1[nH]2)C=C5)[nH]4)CC3. The maximum atomic E-state index is 4.78. The van der Waals surface area contributed by atoms with E-state index in [-0.39, 0.29) is 0 Å². The molecule has 0 spiro atoms. The van der Waals surface area contributed by atoms with Crippen molar-refractivity contribution in [2.45, 2.75) is 12.8 Å². The summed E-state index contributed by atoms with van der Waals surface area (Å²) in [5.41, 5.74) is 9.28. The largest absolute Gasteiger partial charge is 0.355 e. The van der Waals surface area contributed by atoms with Gasteiger partial charge in [0, 0.05) is 33.5 Å². The molecule has 5 rings (SSSR count). The normalized spacial score (nSPS) is 13.1. The highest BCUT2D eigenvalue weighted by atomic mass is 14.8. The fourth-order valence-corrected chi connectivity index (χ4v) is 3.46. The maximum Gasteiger partial charge on any atom is 0.0658 e. The van der Waals surface area contributed by atoms with E-state index in [1.807, 2.05) is 18.2 Å². The van der Waals surface area contributed by atoms with Gasteiger partial charge in [-0.15, -0.1) is 0 Å². The van der Waals surface area contributed by atoms with Crippen molar-refractivity contribution in [3.05, 3.63) is 77.4 Å². The first-order valence-electron chi connectivity index (χ1n) is 8.76. The number of nitrogens with one attached hydrogen (secondary N) is 2. The number of fused-ring (bicyclic) bond motifs is 8. The first kappa shape index (κ1) is 14.9. The Bertz CT molecular complexity index is 1210. The molecule has 5 heterocycles. The van der Waals surface area contributed by atoms with Gasteiger partial charge in [0.2, 0.25) is 0 Å². The van der Waals surface area contributed by atoms with Gasteiger partial charge in [-0.2, -0.15) is 0 Å². The Morgan fingerprint density at radius 2 is 1.46 bits per heavy atom. The summed E-state index contributed by atoms with van der Waals surface area (Å²) in [6.45, 7) is 3.93. The van der Waals surface area contributed by atoms with Gasteiger partial charge in [-0.25, -0.2) is 4.98 Å². The van der Waals surface area contributed by atoms with E-state index in [0.29, 0.717) is 0 Å². The molecule has 0 fully saturated rings. The maximum absolute atomic E-state index is 4.78. The Morgan fingerprint density at radius 3 is 2.23 bits per heavy atom. The molecule has 4 heteroatoms. The smallest absolute Gasteiger partial charge is 0.0658 e. The third-order valence-corrected chi connectivity index (χ3v) is 4.70. The Balaban J connectivity index is 1.86. The van der Waals surface area contributed by atoms with Crippen LogP contribution < -0.4 is 0 Å². The van der Waals surface area contributed by atoms with Gasteiger partial charge < -0.3 is 9.97 Å². The summed E-state index contributed by atoms with van der Waals surface area (Å²) in [7, 11) is 0. The molecule has 0 saturated carbocycles. The van der Waals surface area contributed by atoms with Crippen LogP contribution in [0.15, 0.2) is 49.0 Å². The van der Waals surface area contributed by atoms with Gasteiger partial charge in [0.15, 0.2) is 0 Å². The second-order valence-corrected chi connectivity index (χ2v) is 6.63. The van der Waals surface area contributed by atoms with Gasteiger partial charge in [0.05, 0.1) is 11.4 Å². The Morgan fingerprint density at radius 1 is 0.769 bits per heavy atom. The van der Waals surface area contributed by atoms with Gasteiger partial charge in [0.1, 0.15) is 0 Å². The van der Waals surface area contributed by atoms with E-state index in [2.05, 4.69) is 64.0 Å². The zero-order chi connectivity index (χ0) is 17.5. The van der Waals surface area contributed by atoms with Crippen LogP contribution in [0.1, 0.15) is 28.3 Å². The molecule has 2 aliphatic rings. The van der Waals surface area contributed by atoms with Gasteiger partial charge in [-0.3, -0.25) is 4.98 Å². The lowest BCUT2D eigenvalue weighted by molar-refractivity contribution is 1.03. The summed E-state index contributed by atoms with van der Waals surface area (Å²) in [6, 6.07) is 14.6. The predicted octanol–water partition coefficient (Wildman–Crippen LogP) is 4.91. The number of rotatable bonds is 1. The summed E-state index contributed by atoms with van der Waals surface area (Å²) in [5.74, 6) is 0. The summed E-state index contributed by atoms with van der Waals surface area (Å²) in [6.07, 6.45) is 7.84. The first-order chi connectivity index (χ1) is 12.7. The van der Waals surface area contributed by atoms with Gasteiger partial charge in [-0.1, -0.05) is 12.7 Å². The van der Waals surface area contributed by atoms with Gasteiger partial charge in [0.25, 0.3) is 0 Å². The van der Waals surface area contributed by atoms with Crippen LogP contribution >= 0.6 is 0 Å². The van der Waals surface area contributed by atoms with Crippen molar-refractivity contribution >= 4 is 40.3 Å². The monoisotopic (exact) mass is 338 g/mol. The molecule has 3 aromatic rings. The predicted molar refractivity (Wildman–Crippen MR) is 107 cm³/mol. The third-order valence-electron chi connectivity index (χ3n) is 4.70. The molecule has 0 aromatic carbocycles. The quantitative estimate of drug-likeness (QED) is 0.518. The number of nitrogens with zero attached hydrogens (tertiary/aromatic N) is 2. The van der Waals surface area contributed by atoms with E-state index < -0.39 is 0 Å². The van der Waals surface area contributed by atoms with Crippen LogP contribution in [-0.4, -0.2) is 19.9 Å². The lowest BCUT2D eigenvalue weighted by Crippen LogP contribution is -1.77. The zero-order valence-electron chi connectivity index (χ0n) is 14.3. The number of aryl methyl sites for hydroxylation is 2. The van der Waals surface area contributed by atoms with Crippen LogP contribution in [0.2, 0.25) is 0 Å². The number of hydrogen-bond donors (Lipinski definition) is 2. The van der Waals surface area contributed by atoms with Crippen LogP contribution in [0.25, 0.3) is 40.3 Å². The number of H-pyrrole nitrogens is 2. The van der Waals surface area contributed by atoms with Crippen LogP contribution in [0.5, 0.6) is 0 Å². The molecule has 0 atom stereocenters. The Kier molecular flexibility index (Phi) is 3.35. The van der Waals surface area contributed by atoms with Crippen molar-refractivity contribution in [2.75, 3.05) is 0 Å². The number of aromatic nitrogens is 4. The van der Waals surface area contributed by atoms with Crippen LogP contribution in [-0.2, 0) is 12.8 Å². The molecule has 0 unspecified atom stereocenters. The minimum Gasteiger partial charge on any atom is -0.355 e. The van der Waals surface area contributed by atoms with E-state index in [0.717, 1.165) is 63.2 Å². The van der Waals surface area contributed by atoms with Crippen LogP contribution in [0, 0.1) is 0 Å². The standard InChI is InChI=1S/C22H18N4/c1-2-14-9-21-12-19-6-5-17(24-19)10-15-3-4-16(23-15)11-18-7-8-20(25-18)13-22(14)26-21/h2-4,7-13,23,26H,1,5-6H2. The van der Waals surface area contributed by atoms with Crippen molar-refractivity contribution < 1.29 is 0 Å². The highest BCUT2D eigenvalue weighted by Crippen LogP contribution is 2.19. The second kappa shape index (κ2) is 5.85. The fourth-order valence-electron chi connectivity index (χ4n) is 3.46. The molecule has 126 valence electrons. The summed E-state index contributed by atoms with van der Waals surface area (Å²) >= 11 is 0. The summed E-state index contributed by atoms with van der Waals surface area (Å²) < 4.78 is 0. The summed E-state index contributed by atoms with van der Waals surface area (Å²) in [5, 5.41) is 0. The van der Waals surface area contributed by atoms with E-state index in [1.165, 1.54) is 0 Å². The molecule has 0 aliphatic carbocycles. The molecular formula is C22H18N4. The fraction of sp³-hybridized carbons (Fsp3) is 0.0909. The zero-order valence-corrected chi connectivity index (χ0v) is 14.3. The molecular weight excluding hydrogens is 320 g/mol. The lowest BCUT2D eigenvalue weighted by Gasteiger charge is -1.87. The molecule has 4 nitrogen and oxygen atoms in total. The molecule has 26 heavy (non-hydrogen) atoms. The summed E-state index contributed by atoms with van der Waals surface area (Å²) in [4.78, 5) is 16.3. The van der Waals surface area contributed by atoms with Crippen molar-refractivity contribution in [1.82, 2.24) is 19.9 Å². The molecule has 2 aliphatic heterocycles. The highest BCUT2D eigenvalue weighted by Gasteiger charge is 2.07. The molecule has 2 N–H and O–H groups in total. The second-order valence-electron chi connectivity index (χ2n) is 6.63. The number of hydrogen-bond acceptors (Lipinski definition) is 2. The van der Waals surface area contributed by atoms with Crippen molar-refractivity contribution in [1.29, 1.82) is 0 Å². The van der Waals surface area contributed by atoms with Crippen LogP contribution in [0.3, 0.4) is 0 Å².